The highest BCUT2D eigenvalue weighted by atomic mass is 16.5. The molecule has 2 heterocycles. The third-order valence-corrected chi connectivity index (χ3v) is 5.02. The van der Waals surface area contributed by atoms with Gasteiger partial charge in [0.25, 0.3) is 11.8 Å². The number of nitrogens with zero attached hydrogens (tertiary/aromatic N) is 3. The van der Waals surface area contributed by atoms with Gasteiger partial charge in [0.05, 0.1) is 6.54 Å². The Morgan fingerprint density at radius 3 is 2.56 bits per heavy atom. The summed E-state index contributed by atoms with van der Waals surface area (Å²) >= 11 is 0. The van der Waals surface area contributed by atoms with Crippen molar-refractivity contribution in [2.24, 2.45) is 0 Å². The van der Waals surface area contributed by atoms with E-state index in [1.807, 2.05) is 18.2 Å². The summed E-state index contributed by atoms with van der Waals surface area (Å²) in [6.45, 7) is 5.55. The van der Waals surface area contributed by atoms with Gasteiger partial charge in [-0.15, -0.1) is 0 Å². The van der Waals surface area contributed by atoms with Crippen molar-refractivity contribution in [3.8, 4) is 11.5 Å². The Balaban J connectivity index is 1.60. The fourth-order valence-electron chi connectivity index (χ4n) is 3.18. The number of hydrogen-bond acceptors (Lipinski definition) is 5. The van der Waals surface area contributed by atoms with Gasteiger partial charge in [0.15, 0.2) is 5.82 Å². The molecule has 0 unspecified atom stereocenters. The Hall–Kier alpha value is -2.70. The molecule has 1 saturated carbocycles. The number of carbonyl (C=O) groups excluding carboxylic acids is 2. The van der Waals surface area contributed by atoms with Gasteiger partial charge in [-0.25, -0.2) is 4.79 Å². The average Bonchev–Trinajstić information content (AvgIpc) is 3.09. The van der Waals surface area contributed by atoms with Crippen molar-refractivity contribution in [2.45, 2.75) is 51.1 Å². The van der Waals surface area contributed by atoms with Crippen LogP contribution in [-0.4, -0.2) is 32.5 Å². The number of amides is 3. The molecule has 7 nitrogen and oxygen atoms in total. The predicted molar refractivity (Wildman–Crippen MR) is 89.5 cm³/mol. The number of hydrogen-bond donors (Lipinski definition) is 1. The van der Waals surface area contributed by atoms with E-state index in [0.717, 1.165) is 23.3 Å². The zero-order valence-electron chi connectivity index (χ0n) is 14.5. The number of urea groups is 1. The van der Waals surface area contributed by atoms with Gasteiger partial charge in [0.2, 0.25) is 0 Å². The van der Waals surface area contributed by atoms with Crippen molar-refractivity contribution >= 4 is 11.9 Å². The minimum absolute atomic E-state index is 0.00295. The first kappa shape index (κ1) is 15.8. The standard InChI is InChI=1S/C18H20N4O3/c1-17(2)15(23)22(16(24)20-17)10-13-19-14(25-21-13)11-6-4-5-7-12(11)18(3)8-9-18/h4-7H,8-10H2,1-3H3,(H,20,24). The molecule has 1 aromatic carbocycles. The van der Waals surface area contributed by atoms with Crippen LogP contribution < -0.4 is 5.32 Å². The molecular formula is C18H20N4O3. The van der Waals surface area contributed by atoms with Gasteiger partial charge in [-0.3, -0.25) is 9.69 Å². The molecule has 130 valence electrons. The van der Waals surface area contributed by atoms with Crippen molar-refractivity contribution < 1.29 is 14.1 Å². The highest BCUT2D eigenvalue weighted by molar-refractivity contribution is 6.06. The minimum Gasteiger partial charge on any atom is -0.334 e. The van der Waals surface area contributed by atoms with Crippen LogP contribution in [0.2, 0.25) is 0 Å². The maximum absolute atomic E-state index is 12.3. The Morgan fingerprint density at radius 2 is 1.92 bits per heavy atom. The molecule has 1 N–H and O–H groups in total. The van der Waals surface area contributed by atoms with E-state index >= 15 is 0 Å². The van der Waals surface area contributed by atoms with Gasteiger partial charge in [0.1, 0.15) is 5.54 Å². The van der Waals surface area contributed by atoms with Crippen LogP contribution in [0.1, 0.15) is 45.0 Å². The van der Waals surface area contributed by atoms with E-state index in [2.05, 4.69) is 28.4 Å². The smallest absolute Gasteiger partial charge is 0.325 e. The number of benzene rings is 1. The Bertz CT molecular complexity index is 867. The average molecular weight is 340 g/mol. The Labute approximate surface area is 145 Å². The second-order valence-corrected chi connectivity index (χ2v) is 7.57. The van der Waals surface area contributed by atoms with Crippen molar-refractivity contribution in [1.82, 2.24) is 20.4 Å². The SMILES string of the molecule is CC1(C)NC(=O)N(Cc2noc(-c3ccccc3C3(C)CC3)n2)C1=O. The third-order valence-electron chi connectivity index (χ3n) is 5.02. The Morgan fingerprint density at radius 1 is 1.20 bits per heavy atom. The lowest BCUT2D eigenvalue weighted by atomic mass is 9.93. The molecule has 1 aliphatic carbocycles. The van der Waals surface area contributed by atoms with Gasteiger partial charge >= 0.3 is 6.03 Å². The zero-order chi connectivity index (χ0) is 17.8. The van der Waals surface area contributed by atoms with Gasteiger partial charge in [-0.05, 0) is 43.7 Å². The first-order valence-electron chi connectivity index (χ1n) is 8.37. The summed E-state index contributed by atoms with van der Waals surface area (Å²) in [5.41, 5.74) is 1.37. The minimum atomic E-state index is -0.906. The topological polar surface area (TPSA) is 88.3 Å². The van der Waals surface area contributed by atoms with Crippen molar-refractivity contribution in [3.63, 3.8) is 0 Å². The molecule has 2 aromatic rings. The second kappa shape index (κ2) is 5.15. The molecule has 2 aliphatic rings. The summed E-state index contributed by atoms with van der Waals surface area (Å²) in [5, 5.41) is 6.60. The van der Waals surface area contributed by atoms with Crippen LogP contribution in [0.5, 0.6) is 0 Å². The normalized spacial score (nSPS) is 20.7. The number of nitrogens with one attached hydrogen (secondary N) is 1. The molecular weight excluding hydrogens is 320 g/mol. The van der Waals surface area contributed by atoms with Crippen molar-refractivity contribution in [2.75, 3.05) is 0 Å². The molecule has 0 atom stereocenters. The Kier molecular flexibility index (Phi) is 3.25. The van der Waals surface area contributed by atoms with E-state index in [9.17, 15) is 9.59 Å². The van der Waals surface area contributed by atoms with Crippen LogP contribution in [-0.2, 0) is 16.8 Å². The summed E-state index contributed by atoms with van der Waals surface area (Å²) in [4.78, 5) is 29.8. The monoisotopic (exact) mass is 340 g/mol. The van der Waals surface area contributed by atoms with Gasteiger partial charge < -0.3 is 9.84 Å². The maximum Gasteiger partial charge on any atom is 0.325 e. The second-order valence-electron chi connectivity index (χ2n) is 7.57. The highest BCUT2D eigenvalue weighted by Crippen LogP contribution is 2.50. The number of rotatable bonds is 4. The molecule has 4 rings (SSSR count). The summed E-state index contributed by atoms with van der Waals surface area (Å²) in [7, 11) is 0. The highest BCUT2D eigenvalue weighted by Gasteiger charge is 2.45. The van der Waals surface area contributed by atoms with Crippen LogP contribution in [0.25, 0.3) is 11.5 Å². The predicted octanol–water partition coefficient (Wildman–Crippen LogP) is 2.62. The summed E-state index contributed by atoms with van der Waals surface area (Å²) < 4.78 is 5.42. The molecule has 2 fully saturated rings. The molecule has 0 radical (unpaired) electrons. The summed E-state index contributed by atoms with van der Waals surface area (Å²) in [6, 6.07) is 7.56. The van der Waals surface area contributed by atoms with E-state index in [1.165, 1.54) is 5.56 Å². The van der Waals surface area contributed by atoms with E-state index in [-0.39, 0.29) is 17.9 Å². The fourth-order valence-corrected chi connectivity index (χ4v) is 3.18. The van der Waals surface area contributed by atoms with E-state index < -0.39 is 11.6 Å². The fraction of sp³-hybridized carbons (Fsp3) is 0.444. The first-order chi connectivity index (χ1) is 11.8. The van der Waals surface area contributed by atoms with Gasteiger partial charge in [0, 0.05) is 5.56 Å². The molecule has 3 amide bonds. The largest absolute Gasteiger partial charge is 0.334 e. The molecule has 0 bridgehead atoms. The lowest BCUT2D eigenvalue weighted by molar-refractivity contribution is -0.130. The third kappa shape index (κ3) is 2.59. The maximum atomic E-state index is 12.3. The van der Waals surface area contributed by atoms with Crippen LogP contribution >= 0.6 is 0 Å². The lowest BCUT2D eigenvalue weighted by Crippen LogP contribution is -2.40. The van der Waals surface area contributed by atoms with Crippen molar-refractivity contribution in [1.29, 1.82) is 0 Å². The summed E-state index contributed by atoms with van der Waals surface area (Å²) in [5.74, 6) is 0.437. The molecule has 0 spiro atoms. The van der Waals surface area contributed by atoms with E-state index in [1.54, 1.807) is 13.8 Å². The zero-order valence-corrected chi connectivity index (χ0v) is 14.5. The van der Waals surface area contributed by atoms with Crippen LogP contribution in [0, 0.1) is 0 Å². The molecule has 1 aromatic heterocycles. The molecule has 1 aliphatic heterocycles. The number of carbonyl (C=O) groups is 2. The van der Waals surface area contributed by atoms with Crippen LogP contribution in [0.15, 0.2) is 28.8 Å². The van der Waals surface area contributed by atoms with Gasteiger partial charge in [-0.1, -0.05) is 30.3 Å². The molecule has 7 heteroatoms. The van der Waals surface area contributed by atoms with Crippen LogP contribution in [0.4, 0.5) is 4.79 Å². The molecule has 1 saturated heterocycles. The first-order valence-corrected chi connectivity index (χ1v) is 8.37. The quantitative estimate of drug-likeness (QED) is 0.864. The summed E-state index contributed by atoms with van der Waals surface area (Å²) in [6.07, 6.45) is 2.28. The van der Waals surface area contributed by atoms with E-state index in [4.69, 9.17) is 4.52 Å². The van der Waals surface area contributed by atoms with E-state index in [0.29, 0.717) is 11.7 Å². The van der Waals surface area contributed by atoms with Gasteiger partial charge in [-0.2, -0.15) is 4.98 Å². The van der Waals surface area contributed by atoms with Crippen molar-refractivity contribution in [3.05, 3.63) is 35.7 Å². The molecule has 25 heavy (non-hydrogen) atoms. The number of aromatic nitrogens is 2. The number of imide groups is 1. The lowest BCUT2D eigenvalue weighted by Gasteiger charge is -2.14. The van der Waals surface area contributed by atoms with Crippen LogP contribution in [0.3, 0.4) is 0 Å².